The Kier molecular flexibility index (Phi) is 6.72. The van der Waals surface area contributed by atoms with Crippen LogP contribution in [0, 0.1) is 0 Å². The fourth-order valence-corrected chi connectivity index (χ4v) is 3.53. The molecule has 1 unspecified atom stereocenters. The van der Waals surface area contributed by atoms with Gasteiger partial charge in [-0.2, -0.15) is 0 Å². The van der Waals surface area contributed by atoms with Crippen LogP contribution in [-0.2, 0) is 22.6 Å². The van der Waals surface area contributed by atoms with E-state index in [0.29, 0.717) is 17.1 Å². The number of halogens is 1. The lowest BCUT2D eigenvalue weighted by molar-refractivity contribution is -0.118. The number of alkyl carbamates (subject to hydrolysis) is 1. The zero-order valence-corrected chi connectivity index (χ0v) is 17.9. The molecule has 4 rings (SSSR count). The Morgan fingerprint density at radius 2 is 1.66 bits per heavy atom. The number of benzene rings is 3. The van der Waals surface area contributed by atoms with Crippen molar-refractivity contribution in [3.63, 3.8) is 0 Å². The summed E-state index contributed by atoms with van der Waals surface area (Å²) >= 11 is 5.93. The molecule has 4 aromatic rings. The van der Waals surface area contributed by atoms with Gasteiger partial charge in [0.05, 0.1) is 0 Å². The largest absolute Gasteiger partial charge is 0.445 e. The number of anilines is 1. The van der Waals surface area contributed by atoms with Crippen LogP contribution in [0.2, 0.25) is 5.02 Å². The van der Waals surface area contributed by atoms with Crippen LogP contribution in [0.3, 0.4) is 0 Å². The van der Waals surface area contributed by atoms with Crippen molar-refractivity contribution in [1.29, 1.82) is 0 Å². The number of carbonyl (C=O) groups excluding carboxylic acids is 2. The quantitative estimate of drug-likeness (QED) is 0.359. The molecule has 0 fully saturated rings. The number of fused-ring (bicyclic) bond motifs is 1. The van der Waals surface area contributed by atoms with E-state index in [0.717, 1.165) is 22.0 Å². The highest BCUT2D eigenvalue weighted by Crippen LogP contribution is 2.20. The second-order valence-electron chi connectivity index (χ2n) is 7.32. The highest BCUT2D eigenvalue weighted by molar-refractivity contribution is 6.30. The molecule has 3 N–H and O–H groups in total. The summed E-state index contributed by atoms with van der Waals surface area (Å²) < 4.78 is 5.33. The van der Waals surface area contributed by atoms with Crippen LogP contribution in [-0.4, -0.2) is 23.0 Å². The molecular weight excluding hydrogens is 426 g/mol. The summed E-state index contributed by atoms with van der Waals surface area (Å²) in [5.74, 6) is -0.353. The topological polar surface area (TPSA) is 83.2 Å². The smallest absolute Gasteiger partial charge is 0.408 e. The van der Waals surface area contributed by atoms with Gasteiger partial charge in [-0.25, -0.2) is 4.79 Å². The first kappa shape index (κ1) is 21.5. The van der Waals surface area contributed by atoms with Gasteiger partial charge in [-0.05, 0) is 41.5 Å². The van der Waals surface area contributed by atoms with Crippen LogP contribution < -0.4 is 10.6 Å². The van der Waals surface area contributed by atoms with Crippen molar-refractivity contribution in [2.24, 2.45) is 0 Å². The maximum atomic E-state index is 13.0. The van der Waals surface area contributed by atoms with Crippen molar-refractivity contribution in [3.8, 4) is 0 Å². The summed E-state index contributed by atoms with van der Waals surface area (Å²) in [6, 6.07) is 23.1. The molecule has 0 radical (unpaired) electrons. The fourth-order valence-electron chi connectivity index (χ4n) is 3.40. The molecule has 6 nitrogen and oxygen atoms in total. The number of ether oxygens (including phenoxy) is 1. The van der Waals surface area contributed by atoms with Crippen LogP contribution in [0.1, 0.15) is 11.1 Å². The van der Waals surface area contributed by atoms with Gasteiger partial charge in [0.2, 0.25) is 5.91 Å². The van der Waals surface area contributed by atoms with Gasteiger partial charge in [0, 0.05) is 34.2 Å². The van der Waals surface area contributed by atoms with Crippen molar-refractivity contribution >= 4 is 40.2 Å². The van der Waals surface area contributed by atoms with Gasteiger partial charge in [-0.3, -0.25) is 4.79 Å². The van der Waals surface area contributed by atoms with Crippen LogP contribution in [0.25, 0.3) is 10.9 Å². The fraction of sp³-hybridized carbons (Fsp3) is 0.120. The zero-order valence-electron chi connectivity index (χ0n) is 17.2. The first-order valence-corrected chi connectivity index (χ1v) is 10.5. The molecule has 0 spiro atoms. The lowest BCUT2D eigenvalue weighted by Gasteiger charge is -2.18. The number of aromatic amines is 1. The second-order valence-corrected chi connectivity index (χ2v) is 7.75. The van der Waals surface area contributed by atoms with Crippen molar-refractivity contribution in [3.05, 3.63) is 101 Å². The Balaban J connectivity index is 1.49. The van der Waals surface area contributed by atoms with Gasteiger partial charge in [-0.15, -0.1) is 0 Å². The van der Waals surface area contributed by atoms with E-state index >= 15 is 0 Å². The lowest BCUT2D eigenvalue weighted by atomic mass is 10.0. The molecule has 162 valence electrons. The number of rotatable bonds is 7. The average molecular weight is 448 g/mol. The van der Waals surface area contributed by atoms with Crippen molar-refractivity contribution in [2.75, 3.05) is 5.32 Å². The summed E-state index contributed by atoms with van der Waals surface area (Å²) in [5.41, 5.74) is 3.33. The third-order valence-electron chi connectivity index (χ3n) is 5.03. The van der Waals surface area contributed by atoms with Crippen molar-refractivity contribution < 1.29 is 14.3 Å². The van der Waals surface area contributed by atoms with Crippen LogP contribution in [0.5, 0.6) is 0 Å². The third kappa shape index (κ3) is 5.47. The Hall–Kier alpha value is -3.77. The van der Waals surface area contributed by atoms with E-state index in [1.807, 2.05) is 60.8 Å². The molecule has 0 saturated heterocycles. The Labute approximate surface area is 190 Å². The van der Waals surface area contributed by atoms with Crippen molar-refractivity contribution in [1.82, 2.24) is 10.3 Å². The summed E-state index contributed by atoms with van der Waals surface area (Å²) in [5, 5.41) is 7.11. The van der Waals surface area contributed by atoms with E-state index in [9.17, 15) is 9.59 Å². The molecule has 3 aromatic carbocycles. The van der Waals surface area contributed by atoms with Crippen LogP contribution in [0.4, 0.5) is 10.5 Å². The second kappa shape index (κ2) is 10.0. The van der Waals surface area contributed by atoms with E-state index in [2.05, 4.69) is 15.6 Å². The van der Waals surface area contributed by atoms with Gasteiger partial charge in [0.25, 0.3) is 0 Å². The average Bonchev–Trinajstić information content (AvgIpc) is 3.22. The first-order chi connectivity index (χ1) is 15.6. The van der Waals surface area contributed by atoms with E-state index in [1.165, 1.54) is 0 Å². The normalized spacial score (nSPS) is 11.7. The number of aromatic nitrogens is 1. The van der Waals surface area contributed by atoms with E-state index < -0.39 is 12.1 Å². The molecule has 0 aliphatic rings. The molecule has 1 heterocycles. The molecule has 0 bridgehead atoms. The van der Waals surface area contributed by atoms with E-state index in [4.69, 9.17) is 16.3 Å². The number of nitrogens with one attached hydrogen (secondary N) is 3. The molecular formula is C25H22ClN3O3. The van der Waals surface area contributed by atoms with Gasteiger partial charge in [0.1, 0.15) is 12.6 Å². The van der Waals surface area contributed by atoms with Crippen molar-refractivity contribution in [2.45, 2.75) is 19.1 Å². The van der Waals surface area contributed by atoms with E-state index in [1.54, 1.807) is 24.3 Å². The molecule has 0 aliphatic heterocycles. The SMILES string of the molecule is O=C(NC(Cc1c[nH]c2ccccc12)C(=O)Nc1ccc(Cl)cc1)OCc1ccccc1. The molecule has 0 aliphatic carbocycles. The molecule has 2 amide bonds. The molecule has 1 aromatic heterocycles. The van der Waals surface area contributed by atoms with Gasteiger partial charge >= 0.3 is 6.09 Å². The molecule has 1 atom stereocenters. The number of H-pyrrole nitrogens is 1. The zero-order chi connectivity index (χ0) is 22.3. The molecule has 7 heteroatoms. The highest BCUT2D eigenvalue weighted by Gasteiger charge is 2.23. The predicted molar refractivity (Wildman–Crippen MR) is 126 cm³/mol. The molecule has 0 saturated carbocycles. The summed E-state index contributed by atoms with van der Waals surface area (Å²) in [6.07, 6.45) is 1.48. The third-order valence-corrected chi connectivity index (χ3v) is 5.28. The summed E-state index contributed by atoms with van der Waals surface area (Å²) in [4.78, 5) is 28.7. The Morgan fingerprint density at radius 3 is 2.44 bits per heavy atom. The maximum Gasteiger partial charge on any atom is 0.408 e. The highest BCUT2D eigenvalue weighted by atomic mass is 35.5. The van der Waals surface area contributed by atoms with Gasteiger partial charge in [0.15, 0.2) is 0 Å². The number of hydrogen-bond donors (Lipinski definition) is 3. The molecule has 32 heavy (non-hydrogen) atoms. The summed E-state index contributed by atoms with van der Waals surface area (Å²) in [6.45, 7) is 0.116. The van der Waals surface area contributed by atoms with Gasteiger partial charge < -0.3 is 20.4 Å². The van der Waals surface area contributed by atoms with Gasteiger partial charge in [-0.1, -0.05) is 60.1 Å². The standard InChI is InChI=1S/C25H22ClN3O3/c26-19-10-12-20(13-11-19)28-24(30)23(14-18-15-27-22-9-5-4-8-21(18)22)29-25(31)32-16-17-6-2-1-3-7-17/h1-13,15,23,27H,14,16H2,(H,28,30)(H,29,31). The minimum absolute atomic E-state index is 0.116. The maximum absolute atomic E-state index is 13.0. The van der Waals surface area contributed by atoms with Crippen LogP contribution >= 0.6 is 11.6 Å². The first-order valence-electron chi connectivity index (χ1n) is 10.2. The minimum atomic E-state index is -0.840. The minimum Gasteiger partial charge on any atom is -0.445 e. The van der Waals surface area contributed by atoms with E-state index in [-0.39, 0.29) is 12.5 Å². The number of para-hydroxylation sites is 1. The Morgan fingerprint density at radius 1 is 0.938 bits per heavy atom. The monoisotopic (exact) mass is 447 g/mol. The predicted octanol–water partition coefficient (Wildman–Crippen LogP) is 5.30. The van der Waals surface area contributed by atoms with Crippen LogP contribution in [0.15, 0.2) is 85.1 Å². The number of hydrogen-bond acceptors (Lipinski definition) is 3. The summed E-state index contributed by atoms with van der Waals surface area (Å²) in [7, 11) is 0. The lowest BCUT2D eigenvalue weighted by Crippen LogP contribution is -2.45. The number of carbonyl (C=O) groups is 2. The number of amides is 2. The Bertz CT molecular complexity index is 1210.